The number of pyridine rings is 1. The molecule has 1 saturated heterocycles. The van der Waals surface area contributed by atoms with E-state index in [1.54, 1.807) is 7.11 Å². The predicted octanol–water partition coefficient (Wildman–Crippen LogP) is 5.89. The van der Waals surface area contributed by atoms with Gasteiger partial charge in [-0.2, -0.15) is 0 Å². The van der Waals surface area contributed by atoms with E-state index < -0.39 is 0 Å². The van der Waals surface area contributed by atoms with Crippen molar-refractivity contribution in [2.45, 2.75) is 39.0 Å². The van der Waals surface area contributed by atoms with Gasteiger partial charge in [-0.05, 0) is 63.1 Å². The number of hydrogen-bond acceptors (Lipinski definition) is 7. The Morgan fingerprint density at radius 2 is 1.89 bits per heavy atom. The number of hydrogen-bond donors (Lipinski definition) is 2. The van der Waals surface area contributed by atoms with Crippen molar-refractivity contribution in [3.05, 3.63) is 53.4 Å². The molecule has 7 nitrogen and oxygen atoms in total. The minimum Gasteiger partial charge on any atom is -0.381 e. The zero-order chi connectivity index (χ0) is 26.2. The van der Waals surface area contributed by atoms with Gasteiger partial charge in [0.1, 0.15) is 4.88 Å². The van der Waals surface area contributed by atoms with Crippen LogP contribution in [0.1, 0.15) is 36.4 Å². The molecule has 38 heavy (non-hydrogen) atoms. The van der Waals surface area contributed by atoms with Gasteiger partial charge in [0.15, 0.2) is 6.29 Å². The highest BCUT2D eigenvalue weighted by Crippen LogP contribution is 2.41. The molecule has 0 bridgehead atoms. The third kappa shape index (κ3) is 4.61. The zero-order valence-corrected chi connectivity index (χ0v) is 22.9. The van der Waals surface area contributed by atoms with Crippen LogP contribution in [0.15, 0.2) is 48.5 Å². The summed E-state index contributed by atoms with van der Waals surface area (Å²) in [5, 5.41) is 8.72. The second-order valence-corrected chi connectivity index (χ2v) is 11.2. The molecule has 8 heteroatoms. The van der Waals surface area contributed by atoms with Crippen LogP contribution in [0.25, 0.3) is 32.2 Å². The highest BCUT2D eigenvalue weighted by atomic mass is 32.1. The Bertz CT molecular complexity index is 1460. The van der Waals surface area contributed by atoms with Gasteiger partial charge in [0, 0.05) is 72.0 Å². The monoisotopic (exact) mass is 530 g/mol. The Morgan fingerprint density at radius 3 is 2.63 bits per heavy atom. The molecule has 0 saturated carbocycles. The largest absolute Gasteiger partial charge is 0.381 e. The summed E-state index contributed by atoms with van der Waals surface area (Å²) in [5.74, 6) is 0.434. The number of carbonyl (C=O) groups excluding carboxylic acids is 1. The Balaban J connectivity index is 1.23. The number of thiophene rings is 1. The van der Waals surface area contributed by atoms with Gasteiger partial charge in [-0.1, -0.05) is 12.1 Å². The summed E-state index contributed by atoms with van der Waals surface area (Å²) in [6.45, 7) is 7.41. The molecule has 6 rings (SSSR count). The first-order valence-electron chi connectivity index (χ1n) is 13.5. The van der Waals surface area contributed by atoms with E-state index >= 15 is 0 Å². The Labute approximate surface area is 227 Å². The molecule has 4 aromatic rings. The first-order valence-corrected chi connectivity index (χ1v) is 14.3. The first-order chi connectivity index (χ1) is 18.6. The summed E-state index contributed by atoms with van der Waals surface area (Å²) in [7, 11) is 1.74. The van der Waals surface area contributed by atoms with Crippen LogP contribution in [0.3, 0.4) is 0 Å². The van der Waals surface area contributed by atoms with Gasteiger partial charge in [0.25, 0.3) is 5.91 Å². The molecule has 4 heterocycles. The van der Waals surface area contributed by atoms with Crippen LogP contribution in [-0.4, -0.2) is 56.6 Å². The summed E-state index contributed by atoms with van der Waals surface area (Å²) < 4.78 is 12.4. The van der Waals surface area contributed by atoms with Crippen LogP contribution in [0.5, 0.6) is 0 Å². The van der Waals surface area contributed by atoms with E-state index in [0.717, 1.165) is 68.7 Å². The maximum atomic E-state index is 12.7. The number of carbonyl (C=O) groups is 1. The molecular weight excluding hydrogens is 496 g/mol. The number of fused-ring (bicyclic) bond motifs is 5. The van der Waals surface area contributed by atoms with Crippen LogP contribution in [0.2, 0.25) is 0 Å². The second-order valence-electron chi connectivity index (χ2n) is 10.2. The van der Waals surface area contributed by atoms with Gasteiger partial charge in [-0.3, -0.25) is 4.79 Å². The van der Waals surface area contributed by atoms with Gasteiger partial charge in [-0.25, -0.2) is 4.98 Å². The quantitative estimate of drug-likeness (QED) is 0.303. The summed E-state index contributed by atoms with van der Waals surface area (Å²) in [5.41, 5.74) is 5.14. The number of methoxy groups -OCH3 is 1. The van der Waals surface area contributed by atoms with Gasteiger partial charge < -0.3 is 25.0 Å². The lowest BCUT2D eigenvalue weighted by Crippen LogP contribution is -2.39. The van der Waals surface area contributed by atoms with Crippen LogP contribution >= 0.6 is 11.3 Å². The lowest BCUT2D eigenvalue weighted by atomic mass is 9.95. The summed E-state index contributed by atoms with van der Waals surface area (Å²) in [6.07, 6.45) is 2.01. The Kier molecular flexibility index (Phi) is 6.95. The van der Waals surface area contributed by atoms with Crippen molar-refractivity contribution in [2.75, 3.05) is 43.6 Å². The van der Waals surface area contributed by atoms with E-state index in [2.05, 4.69) is 64.1 Å². The molecule has 0 spiro atoms. The zero-order valence-electron chi connectivity index (χ0n) is 22.1. The highest BCUT2D eigenvalue weighted by molar-refractivity contribution is 7.21. The van der Waals surface area contributed by atoms with E-state index in [4.69, 9.17) is 14.5 Å². The predicted molar refractivity (Wildman–Crippen MR) is 155 cm³/mol. The second kappa shape index (κ2) is 10.5. The molecule has 1 unspecified atom stereocenters. The van der Waals surface area contributed by atoms with Crippen molar-refractivity contribution in [1.29, 1.82) is 0 Å². The van der Waals surface area contributed by atoms with E-state index in [-0.39, 0.29) is 18.2 Å². The standard InChI is InChI=1S/C30H34N4O3S/c1-4-37-30(36-3)20-13-15-34(16-14-20)21-7-5-19(6-8-21)23-10-9-22-24(33-23)11-12-25-26(22)27-28(38-25)29(35)32-18(2)17-31-27/h5-12,18,20,30-31H,4,13-17H2,1-3H3,(H,32,35)/t18-,30?/m1/s1. The SMILES string of the molecule is CCOC(OC)C1CCN(c2ccc(-c3ccc4c(ccc5sc6c(c54)NC[C@@H](C)NC6=O)n3)cc2)CC1. The molecule has 2 atom stereocenters. The molecule has 1 amide bonds. The van der Waals surface area contributed by atoms with E-state index in [1.165, 1.54) is 17.0 Å². The van der Waals surface area contributed by atoms with Gasteiger partial charge in [-0.15, -0.1) is 11.3 Å². The van der Waals surface area contributed by atoms with Crippen LogP contribution in [0.4, 0.5) is 11.4 Å². The molecule has 0 radical (unpaired) electrons. The number of ether oxygens (including phenoxy) is 2. The molecule has 0 aliphatic carbocycles. The number of amides is 1. The Hall–Kier alpha value is -3.20. The summed E-state index contributed by atoms with van der Waals surface area (Å²) in [4.78, 5) is 20.9. The third-order valence-electron chi connectivity index (χ3n) is 7.71. The highest BCUT2D eigenvalue weighted by Gasteiger charge is 2.27. The van der Waals surface area contributed by atoms with Crippen molar-refractivity contribution in [1.82, 2.24) is 10.3 Å². The molecule has 2 aromatic heterocycles. The number of anilines is 2. The minimum absolute atomic E-state index is 0.00597. The molecular formula is C30H34N4O3S. The van der Waals surface area contributed by atoms with E-state index in [9.17, 15) is 4.79 Å². The van der Waals surface area contributed by atoms with Gasteiger partial charge >= 0.3 is 0 Å². The third-order valence-corrected chi connectivity index (χ3v) is 8.86. The molecule has 1 fully saturated rings. The number of nitrogens with zero attached hydrogens (tertiary/aromatic N) is 2. The molecule has 2 aliphatic rings. The van der Waals surface area contributed by atoms with E-state index in [0.29, 0.717) is 19.1 Å². The van der Waals surface area contributed by atoms with Crippen LogP contribution in [-0.2, 0) is 9.47 Å². The number of benzene rings is 2. The lowest BCUT2D eigenvalue weighted by molar-refractivity contribution is -0.156. The minimum atomic E-state index is -0.106. The smallest absolute Gasteiger partial charge is 0.263 e. The summed E-state index contributed by atoms with van der Waals surface area (Å²) >= 11 is 1.54. The lowest BCUT2D eigenvalue weighted by Gasteiger charge is -2.36. The van der Waals surface area contributed by atoms with Gasteiger partial charge in [0.2, 0.25) is 0 Å². The fourth-order valence-corrected chi connectivity index (χ4v) is 6.82. The average molecular weight is 531 g/mol. The topological polar surface area (TPSA) is 75.7 Å². The van der Waals surface area contributed by atoms with Crippen molar-refractivity contribution >= 4 is 49.6 Å². The average Bonchev–Trinajstić information content (AvgIpc) is 3.27. The molecule has 198 valence electrons. The number of aromatic nitrogens is 1. The normalized spacial score (nSPS) is 19.2. The number of piperidine rings is 1. The maximum Gasteiger partial charge on any atom is 0.263 e. The Morgan fingerprint density at radius 1 is 1.11 bits per heavy atom. The van der Waals surface area contributed by atoms with Crippen molar-refractivity contribution < 1.29 is 14.3 Å². The number of rotatable bonds is 6. The fraction of sp³-hybridized carbons (Fsp3) is 0.400. The van der Waals surface area contributed by atoms with E-state index in [1.807, 2.05) is 13.8 Å². The van der Waals surface area contributed by atoms with Crippen LogP contribution < -0.4 is 15.5 Å². The molecule has 2 aliphatic heterocycles. The first kappa shape index (κ1) is 25.1. The van der Waals surface area contributed by atoms with Gasteiger partial charge in [0.05, 0.1) is 16.9 Å². The van der Waals surface area contributed by atoms with Crippen molar-refractivity contribution in [3.8, 4) is 11.3 Å². The van der Waals surface area contributed by atoms with Crippen molar-refractivity contribution in [2.24, 2.45) is 5.92 Å². The summed E-state index contributed by atoms with van der Waals surface area (Å²) in [6, 6.07) is 17.2. The molecule has 2 aromatic carbocycles. The number of nitrogens with one attached hydrogen (secondary N) is 2. The van der Waals surface area contributed by atoms with Crippen molar-refractivity contribution in [3.63, 3.8) is 0 Å². The van der Waals surface area contributed by atoms with Crippen LogP contribution in [0, 0.1) is 5.92 Å². The molecule has 2 N–H and O–H groups in total. The fourth-order valence-electron chi connectivity index (χ4n) is 5.72. The maximum absolute atomic E-state index is 12.7.